The summed E-state index contributed by atoms with van der Waals surface area (Å²) >= 11 is 0. The first-order chi connectivity index (χ1) is 8.72. The SMILES string of the molecule is COc1cccc(CCNCC2(O)CCCC2)c1. The number of hydrogen-bond acceptors (Lipinski definition) is 3. The minimum absolute atomic E-state index is 0.450. The van der Waals surface area contributed by atoms with Crippen LogP contribution in [-0.2, 0) is 6.42 Å². The standard InChI is InChI=1S/C15H23NO2/c1-18-14-6-4-5-13(11-14)7-10-16-12-15(17)8-2-3-9-15/h4-6,11,16-17H,2-3,7-10,12H2,1H3. The Bertz CT molecular complexity index is 373. The van der Waals surface area contributed by atoms with E-state index in [0.717, 1.165) is 50.9 Å². The second-order valence-corrected chi connectivity index (χ2v) is 5.21. The smallest absolute Gasteiger partial charge is 0.119 e. The Morgan fingerprint density at radius 1 is 1.33 bits per heavy atom. The molecule has 1 aliphatic carbocycles. The maximum absolute atomic E-state index is 10.2. The van der Waals surface area contributed by atoms with Gasteiger partial charge in [0.05, 0.1) is 12.7 Å². The highest BCUT2D eigenvalue weighted by Crippen LogP contribution is 2.28. The molecule has 1 saturated carbocycles. The fourth-order valence-electron chi connectivity index (χ4n) is 2.59. The van der Waals surface area contributed by atoms with E-state index in [-0.39, 0.29) is 0 Å². The van der Waals surface area contributed by atoms with E-state index in [0.29, 0.717) is 0 Å². The van der Waals surface area contributed by atoms with Crippen molar-refractivity contribution in [1.29, 1.82) is 0 Å². The molecule has 0 saturated heterocycles. The number of hydrogen-bond donors (Lipinski definition) is 2. The van der Waals surface area contributed by atoms with Gasteiger partial charge in [-0.3, -0.25) is 0 Å². The van der Waals surface area contributed by atoms with E-state index in [1.807, 2.05) is 12.1 Å². The first kappa shape index (κ1) is 13.4. The van der Waals surface area contributed by atoms with E-state index in [1.165, 1.54) is 5.56 Å². The molecule has 2 N–H and O–H groups in total. The zero-order valence-electron chi connectivity index (χ0n) is 11.1. The predicted octanol–water partition coefficient (Wildman–Crippen LogP) is 2.13. The van der Waals surface area contributed by atoms with Gasteiger partial charge in [0.15, 0.2) is 0 Å². The Morgan fingerprint density at radius 3 is 2.83 bits per heavy atom. The average Bonchev–Trinajstić information content (AvgIpc) is 2.82. The predicted molar refractivity (Wildman–Crippen MR) is 73.0 cm³/mol. The average molecular weight is 249 g/mol. The molecule has 1 fully saturated rings. The molecular formula is C15H23NO2. The third-order valence-electron chi connectivity index (χ3n) is 3.71. The van der Waals surface area contributed by atoms with Crippen LogP contribution in [-0.4, -0.2) is 30.9 Å². The first-order valence-corrected chi connectivity index (χ1v) is 6.78. The van der Waals surface area contributed by atoms with E-state index in [1.54, 1.807) is 7.11 Å². The molecule has 0 amide bonds. The van der Waals surface area contributed by atoms with Crippen molar-refractivity contribution in [2.45, 2.75) is 37.7 Å². The summed E-state index contributed by atoms with van der Waals surface area (Å²) in [7, 11) is 1.69. The van der Waals surface area contributed by atoms with Gasteiger partial charge in [-0.2, -0.15) is 0 Å². The van der Waals surface area contributed by atoms with E-state index in [9.17, 15) is 5.11 Å². The number of aliphatic hydroxyl groups is 1. The lowest BCUT2D eigenvalue weighted by molar-refractivity contribution is 0.0480. The van der Waals surface area contributed by atoms with Crippen molar-refractivity contribution in [1.82, 2.24) is 5.32 Å². The lowest BCUT2D eigenvalue weighted by Crippen LogP contribution is -2.38. The molecule has 100 valence electrons. The normalized spacial score (nSPS) is 17.9. The number of methoxy groups -OCH3 is 1. The van der Waals surface area contributed by atoms with Crippen LogP contribution in [0.1, 0.15) is 31.2 Å². The van der Waals surface area contributed by atoms with Gasteiger partial charge in [0.2, 0.25) is 0 Å². The van der Waals surface area contributed by atoms with Gasteiger partial charge < -0.3 is 15.2 Å². The molecule has 0 bridgehead atoms. The van der Waals surface area contributed by atoms with Crippen molar-refractivity contribution >= 4 is 0 Å². The minimum atomic E-state index is -0.450. The largest absolute Gasteiger partial charge is 0.497 e. The van der Waals surface area contributed by atoms with Crippen molar-refractivity contribution in [2.75, 3.05) is 20.2 Å². The van der Waals surface area contributed by atoms with Gasteiger partial charge in [0.25, 0.3) is 0 Å². The molecule has 2 rings (SSSR count). The Morgan fingerprint density at radius 2 is 2.11 bits per heavy atom. The van der Waals surface area contributed by atoms with E-state index in [4.69, 9.17) is 4.74 Å². The Kier molecular flexibility index (Phi) is 4.61. The molecule has 1 aromatic rings. The topological polar surface area (TPSA) is 41.5 Å². The van der Waals surface area contributed by atoms with Crippen LogP contribution in [0.15, 0.2) is 24.3 Å². The van der Waals surface area contributed by atoms with E-state index < -0.39 is 5.60 Å². The highest BCUT2D eigenvalue weighted by molar-refractivity contribution is 5.28. The quantitative estimate of drug-likeness (QED) is 0.759. The van der Waals surface area contributed by atoms with Crippen LogP contribution in [0.5, 0.6) is 5.75 Å². The number of benzene rings is 1. The van der Waals surface area contributed by atoms with Crippen LogP contribution in [0.2, 0.25) is 0 Å². The first-order valence-electron chi connectivity index (χ1n) is 6.78. The Hall–Kier alpha value is -1.06. The summed E-state index contributed by atoms with van der Waals surface area (Å²) in [5.41, 5.74) is 0.814. The highest BCUT2D eigenvalue weighted by atomic mass is 16.5. The summed E-state index contributed by atoms with van der Waals surface area (Å²) in [6.45, 7) is 1.62. The van der Waals surface area contributed by atoms with Crippen LogP contribution in [0.4, 0.5) is 0 Å². The van der Waals surface area contributed by atoms with Crippen molar-refractivity contribution < 1.29 is 9.84 Å². The molecule has 0 atom stereocenters. The maximum atomic E-state index is 10.2. The second-order valence-electron chi connectivity index (χ2n) is 5.21. The summed E-state index contributed by atoms with van der Waals surface area (Å²) < 4.78 is 5.20. The summed E-state index contributed by atoms with van der Waals surface area (Å²) in [6.07, 6.45) is 5.17. The fourth-order valence-corrected chi connectivity index (χ4v) is 2.59. The zero-order chi connectivity index (χ0) is 12.8. The van der Waals surface area contributed by atoms with Crippen LogP contribution >= 0.6 is 0 Å². The monoisotopic (exact) mass is 249 g/mol. The lowest BCUT2D eigenvalue weighted by Gasteiger charge is -2.22. The van der Waals surface area contributed by atoms with Crippen molar-refractivity contribution in [3.63, 3.8) is 0 Å². The highest BCUT2D eigenvalue weighted by Gasteiger charge is 2.30. The molecule has 0 spiro atoms. The van der Waals surface area contributed by atoms with Crippen LogP contribution in [0.3, 0.4) is 0 Å². The molecule has 1 aliphatic rings. The molecule has 3 heteroatoms. The van der Waals surface area contributed by atoms with Gasteiger partial charge in [0.1, 0.15) is 5.75 Å². The van der Waals surface area contributed by atoms with Gasteiger partial charge in [-0.25, -0.2) is 0 Å². The molecule has 0 unspecified atom stereocenters. The summed E-state index contributed by atoms with van der Waals surface area (Å²) in [5.74, 6) is 0.905. The molecule has 3 nitrogen and oxygen atoms in total. The molecule has 0 aromatic heterocycles. The van der Waals surface area contributed by atoms with Crippen LogP contribution in [0.25, 0.3) is 0 Å². The molecule has 1 aromatic carbocycles. The molecular weight excluding hydrogens is 226 g/mol. The minimum Gasteiger partial charge on any atom is -0.497 e. The summed E-state index contributed by atoms with van der Waals surface area (Å²) in [6, 6.07) is 8.14. The molecule has 0 aliphatic heterocycles. The van der Waals surface area contributed by atoms with Crippen LogP contribution < -0.4 is 10.1 Å². The number of nitrogens with one attached hydrogen (secondary N) is 1. The third kappa shape index (κ3) is 3.72. The molecule has 18 heavy (non-hydrogen) atoms. The maximum Gasteiger partial charge on any atom is 0.119 e. The van der Waals surface area contributed by atoms with Crippen molar-refractivity contribution in [3.8, 4) is 5.75 Å². The zero-order valence-corrected chi connectivity index (χ0v) is 11.1. The van der Waals surface area contributed by atoms with Gasteiger partial charge >= 0.3 is 0 Å². The summed E-state index contributed by atoms with van der Waals surface area (Å²) in [5, 5.41) is 13.6. The summed E-state index contributed by atoms with van der Waals surface area (Å²) in [4.78, 5) is 0. The molecule has 0 heterocycles. The van der Waals surface area contributed by atoms with Crippen LogP contribution in [0, 0.1) is 0 Å². The lowest BCUT2D eigenvalue weighted by atomic mass is 10.0. The number of rotatable bonds is 6. The second kappa shape index (κ2) is 6.21. The molecule has 0 radical (unpaired) electrons. The third-order valence-corrected chi connectivity index (χ3v) is 3.71. The Labute approximate surface area is 109 Å². The van der Waals surface area contributed by atoms with Gasteiger partial charge in [-0.1, -0.05) is 25.0 Å². The fraction of sp³-hybridized carbons (Fsp3) is 0.600. The van der Waals surface area contributed by atoms with Crippen molar-refractivity contribution in [2.24, 2.45) is 0 Å². The Balaban J connectivity index is 1.71. The van der Waals surface area contributed by atoms with Gasteiger partial charge in [0, 0.05) is 6.54 Å². The van der Waals surface area contributed by atoms with Gasteiger partial charge in [-0.05, 0) is 43.5 Å². The van der Waals surface area contributed by atoms with Gasteiger partial charge in [-0.15, -0.1) is 0 Å². The van der Waals surface area contributed by atoms with Crippen molar-refractivity contribution in [3.05, 3.63) is 29.8 Å². The van der Waals surface area contributed by atoms with E-state index in [2.05, 4.69) is 17.4 Å². The number of ether oxygens (including phenoxy) is 1. The van der Waals surface area contributed by atoms with E-state index >= 15 is 0 Å².